The Morgan fingerprint density at radius 2 is 2.00 bits per heavy atom. The minimum absolute atomic E-state index is 0.0101. The van der Waals surface area contributed by atoms with Crippen molar-refractivity contribution in [3.63, 3.8) is 0 Å². The largest absolute Gasteiger partial charge is 0.493 e. The van der Waals surface area contributed by atoms with Gasteiger partial charge in [0, 0.05) is 11.0 Å². The zero-order chi connectivity index (χ0) is 19.6. The molecular formula is C21H21BrN2O3. The topological polar surface area (TPSA) is 71.3 Å². The van der Waals surface area contributed by atoms with E-state index in [1.54, 1.807) is 19.2 Å². The maximum absolute atomic E-state index is 12.4. The highest BCUT2D eigenvalue weighted by Gasteiger charge is 2.13. The number of carbonyl (C=O) groups excluding carboxylic acids is 1. The highest BCUT2D eigenvalue weighted by atomic mass is 79.9. The highest BCUT2D eigenvalue weighted by Crippen LogP contribution is 2.34. The lowest BCUT2D eigenvalue weighted by Crippen LogP contribution is -2.23. The fourth-order valence-corrected chi connectivity index (χ4v) is 2.76. The van der Waals surface area contributed by atoms with E-state index in [1.165, 1.54) is 6.08 Å². The van der Waals surface area contributed by atoms with Crippen LogP contribution in [0.2, 0.25) is 0 Å². The van der Waals surface area contributed by atoms with Gasteiger partial charge >= 0.3 is 0 Å². The number of halogens is 1. The lowest BCUT2D eigenvalue weighted by molar-refractivity contribution is -0.117. The second-order valence-corrected chi connectivity index (χ2v) is 6.57. The smallest absolute Gasteiger partial charge is 0.262 e. The first kappa shape index (κ1) is 20.5. The summed E-state index contributed by atoms with van der Waals surface area (Å²) in [7, 11) is 1.55. The number of hydrogen-bond donors (Lipinski definition) is 1. The molecule has 0 heterocycles. The quantitative estimate of drug-likeness (QED) is 0.497. The highest BCUT2D eigenvalue weighted by molar-refractivity contribution is 9.10. The van der Waals surface area contributed by atoms with Crippen LogP contribution >= 0.6 is 15.9 Å². The first-order valence-corrected chi connectivity index (χ1v) is 9.32. The van der Waals surface area contributed by atoms with Gasteiger partial charge in [0.15, 0.2) is 11.5 Å². The normalized spacial score (nSPS) is 10.8. The standard InChI is InChI=1S/C21H21BrN2O3/c1-3-9-27-20-12-18(22)16(11-19(20)26-2)10-17(13-23)21(25)24-14-15-7-5-4-6-8-15/h4-8,10-12H,3,9,14H2,1-2H3,(H,24,25)/b17-10+. The van der Waals surface area contributed by atoms with Gasteiger partial charge in [-0.2, -0.15) is 5.26 Å². The molecule has 6 heteroatoms. The van der Waals surface area contributed by atoms with E-state index in [-0.39, 0.29) is 5.57 Å². The summed E-state index contributed by atoms with van der Waals surface area (Å²) >= 11 is 3.46. The molecule has 0 unspecified atom stereocenters. The molecule has 0 aliphatic heterocycles. The van der Waals surface area contributed by atoms with Crippen molar-refractivity contribution in [2.24, 2.45) is 0 Å². The van der Waals surface area contributed by atoms with E-state index in [9.17, 15) is 10.1 Å². The fourth-order valence-electron chi connectivity index (χ4n) is 2.32. The van der Waals surface area contributed by atoms with Crippen molar-refractivity contribution >= 4 is 27.9 Å². The molecule has 0 saturated heterocycles. The molecule has 0 aliphatic carbocycles. The number of ether oxygens (including phenoxy) is 2. The van der Waals surface area contributed by atoms with Gasteiger partial charge in [0.05, 0.1) is 13.7 Å². The summed E-state index contributed by atoms with van der Waals surface area (Å²) in [5.74, 6) is 0.717. The molecule has 0 spiro atoms. The van der Waals surface area contributed by atoms with Crippen molar-refractivity contribution in [2.75, 3.05) is 13.7 Å². The Kier molecular flexibility index (Phi) is 7.90. The lowest BCUT2D eigenvalue weighted by Gasteiger charge is -2.12. The average Bonchev–Trinajstić information content (AvgIpc) is 2.70. The summed E-state index contributed by atoms with van der Waals surface area (Å²) in [6.45, 7) is 2.95. The number of nitriles is 1. The van der Waals surface area contributed by atoms with Crippen LogP contribution in [0.25, 0.3) is 6.08 Å². The monoisotopic (exact) mass is 428 g/mol. The molecule has 0 aromatic heterocycles. The van der Waals surface area contributed by atoms with E-state index in [0.717, 1.165) is 12.0 Å². The van der Waals surface area contributed by atoms with E-state index in [2.05, 4.69) is 21.2 Å². The number of nitrogens with one attached hydrogen (secondary N) is 1. The van der Waals surface area contributed by atoms with Crippen LogP contribution in [-0.4, -0.2) is 19.6 Å². The number of nitrogens with zero attached hydrogens (tertiary/aromatic N) is 1. The molecule has 5 nitrogen and oxygen atoms in total. The summed E-state index contributed by atoms with van der Waals surface area (Å²) in [5.41, 5.74) is 1.63. The minimum Gasteiger partial charge on any atom is -0.493 e. The van der Waals surface area contributed by atoms with Gasteiger partial charge in [-0.1, -0.05) is 53.2 Å². The van der Waals surface area contributed by atoms with E-state index < -0.39 is 5.91 Å². The van der Waals surface area contributed by atoms with Gasteiger partial charge in [0.25, 0.3) is 5.91 Å². The Labute approximate surface area is 167 Å². The number of hydrogen-bond acceptors (Lipinski definition) is 4. The molecule has 0 atom stereocenters. The van der Waals surface area contributed by atoms with Crippen LogP contribution in [-0.2, 0) is 11.3 Å². The molecule has 2 aromatic carbocycles. The Bertz CT molecular complexity index is 858. The molecule has 0 bridgehead atoms. The third kappa shape index (κ3) is 5.87. The fraction of sp³-hybridized carbons (Fsp3) is 0.238. The van der Waals surface area contributed by atoms with Crippen molar-refractivity contribution in [1.82, 2.24) is 5.32 Å². The Morgan fingerprint density at radius 1 is 1.26 bits per heavy atom. The van der Waals surface area contributed by atoms with Crippen LogP contribution in [0.5, 0.6) is 11.5 Å². The van der Waals surface area contributed by atoms with Crippen LogP contribution in [0.3, 0.4) is 0 Å². The summed E-state index contributed by atoms with van der Waals surface area (Å²) < 4.78 is 11.7. The summed E-state index contributed by atoms with van der Waals surface area (Å²) in [5, 5.41) is 12.1. The Balaban J connectivity index is 2.20. The van der Waals surface area contributed by atoms with E-state index >= 15 is 0 Å². The Hall–Kier alpha value is -2.78. The van der Waals surface area contributed by atoms with Crippen molar-refractivity contribution in [1.29, 1.82) is 5.26 Å². The maximum atomic E-state index is 12.4. The van der Waals surface area contributed by atoms with Gasteiger partial charge in [-0.05, 0) is 35.8 Å². The zero-order valence-corrected chi connectivity index (χ0v) is 16.9. The van der Waals surface area contributed by atoms with Gasteiger partial charge in [0.1, 0.15) is 11.6 Å². The van der Waals surface area contributed by atoms with Crippen LogP contribution in [0.1, 0.15) is 24.5 Å². The average molecular weight is 429 g/mol. The molecule has 0 aliphatic rings. The van der Waals surface area contributed by atoms with Crippen LogP contribution in [0, 0.1) is 11.3 Å². The Morgan fingerprint density at radius 3 is 2.63 bits per heavy atom. The van der Waals surface area contributed by atoms with Gasteiger partial charge in [-0.15, -0.1) is 0 Å². The summed E-state index contributed by atoms with van der Waals surface area (Å²) in [4.78, 5) is 12.4. The first-order valence-electron chi connectivity index (χ1n) is 8.53. The first-order chi connectivity index (χ1) is 13.1. The molecular weight excluding hydrogens is 408 g/mol. The van der Waals surface area contributed by atoms with Gasteiger partial charge < -0.3 is 14.8 Å². The SMILES string of the molecule is CCCOc1cc(Br)c(/C=C(\C#N)C(=O)NCc2ccccc2)cc1OC. The number of methoxy groups -OCH3 is 1. The molecule has 27 heavy (non-hydrogen) atoms. The maximum Gasteiger partial charge on any atom is 0.262 e. The predicted octanol–water partition coefficient (Wildman–Crippen LogP) is 4.47. The van der Waals surface area contributed by atoms with Crippen molar-refractivity contribution in [2.45, 2.75) is 19.9 Å². The van der Waals surface area contributed by atoms with Gasteiger partial charge in [-0.3, -0.25) is 4.79 Å². The molecule has 1 amide bonds. The van der Waals surface area contributed by atoms with Gasteiger partial charge in [-0.25, -0.2) is 0 Å². The minimum atomic E-state index is -0.432. The molecule has 1 N–H and O–H groups in total. The number of amides is 1. The van der Waals surface area contributed by atoms with Crippen LogP contribution < -0.4 is 14.8 Å². The summed E-state index contributed by atoms with van der Waals surface area (Å²) in [6.07, 6.45) is 2.40. The van der Waals surface area contributed by atoms with E-state index in [1.807, 2.05) is 43.3 Å². The van der Waals surface area contributed by atoms with E-state index in [0.29, 0.717) is 34.7 Å². The third-order valence-corrected chi connectivity index (χ3v) is 4.39. The lowest BCUT2D eigenvalue weighted by atomic mass is 10.1. The predicted molar refractivity (Wildman–Crippen MR) is 108 cm³/mol. The summed E-state index contributed by atoms with van der Waals surface area (Å²) in [6, 6.07) is 15.0. The molecule has 140 valence electrons. The molecule has 0 fully saturated rings. The number of benzene rings is 2. The van der Waals surface area contributed by atoms with Crippen LogP contribution in [0.15, 0.2) is 52.5 Å². The molecule has 0 radical (unpaired) electrons. The number of rotatable bonds is 8. The van der Waals surface area contributed by atoms with Crippen molar-refractivity contribution < 1.29 is 14.3 Å². The molecule has 2 aromatic rings. The van der Waals surface area contributed by atoms with Crippen molar-refractivity contribution in [3.05, 3.63) is 63.6 Å². The van der Waals surface area contributed by atoms with Crippen LogP contribution in [0.4, 0.5) is 0 Å². The number of carbonyl (C=O) groups is 1. The third-order valence-electron chi connectivity index (χ3n) is 3.71. The molecule has 0 saturated carbocycles. The van der Waals surface area contributed by atoms with Crippen molar-refractivity contribution in [3.8, 4) is 17.6 Å². The van der Waals surface area contributed by atoms with Gasteiger partial charge in [0.2, 0.25) is 0 Å². The second-order valence-electron chi connectivity index (χ2n) is 5.71. The molecule has 2 rings (SSSR count). The second kappa shape index (κ2) is 10.4. The zero-order valence-electron chi connectivity index (χ0n) is 15.3. The van der Waals surface area contributed by atoms with E-state index in [4.69, 9.17) is 9.47 Å².